The van der Waals surface area contributed by atoms with E-state index in [9.17, 15) is 5.11 Å². The Morgan fingerprint density at radius 2 is 2.07 bits per heavy atom. The van der Waals surface area contributed by atoms with E-state index in [1.165, 1.54) is 32.1 Å². The van der Waals surface area contributed by atoms with Gasteiger partial charge in [-0.1, -0.05) is 26.2 Å². The molecule has 2 N–H and O–H groups in total. The van der Waals surface area contributed by atoms with E-state index in [4.69, 9.17) is 9.84 Å². The van der Waals surface area contributed by atoms with Crippen LogP contribution >= 0.6 is 0 Å². The van der Waals surface area contributed by atoms with Crippen molar-refractivity contribution in [3.8, 4) is 0 Å². The van der Waals surface area contributed by atoms with Crippen molar-refractivity contribution in [1.82, 2.24) is 0 Å². The second kappa shape index (κ2) is 7.20. The van der Waals surface area contributed by atoms with Gasteiger partial charge in [-0.25, -0.2) is 0 Å². The third-order valence-electron chi connectivity index (χ3n) is 3.21. The first kappa shape index (κ1) is 12.9. The van der Waals surface area contributed by atoms with E-state index in [0.717, 1.165) is 6.42 Å². The van der Waals surface area contributed by atoms with Gasteiger partial charge in [0.25, 0.3) is 0 Å². The minimum absolute atomic E-state index is 0.203. The van der Waals surface area contributed by atoms with Crippen molar-refractivity contribution in [1.29, 1.82) is 0 Å². The molecule has 0 spiro atoms. The summed E-state index contributed by atoms with van der Waals surface area (Å²) in [4.78, 5) is 0. The van der Waals surface area contributed by atoms with E-state index in [-0.39, 0.29) is 13.2 Å². The van der Waals surface area contributed by atoms with Crippen LogP contribution < -0.4 is 0 Å². The van der Waals surface area contributed by atoms with Crippen molar-refractivity contribution < 1.29 is 14.9 Å². The second-order valence-corrected chi connectivity index (χ2v) is 4.54. The fraction of sp³-hybridized carbons (Fsp3) is 1.00. The Bertz CT molecular complexity index is 159. The molecule has 0 heterocycles. The van der Waals surface area contributed by atoms with Crippen LogP contribution in [0.2, 0.25) is 0 Å². The molecule has 1 fully saturated rings. The van der Waals surface area contributed by atoms with Crippen LogP contribution in [0.4, 0.5) is 0 Å². The maximum Gasteiger partial charge on any atom is 0.100 e. The van der Waals surface area contributed by atoms with Crippen LogP contribution in [0.1, 0.15) is 45.4 Å². The highest BCUT2D eigenvalue weighted by molar-refractivity contribution is 4.76. The van der Waals surface area contributed by atoms with Gasteiger partial charge in [0, 0.05) is 0 Å². The summed E-state index contributed by atoms with van der Waals surface area (Å²) in [5, 5.41) is 17.9. The van der Waals surface area contributed by atoms with Crippen molar-refractivity contribution in [2.45, 2.75) is 57.7 Å². The monoisotopic (exact) mass is 216 g/mol. The van der Waals surface area contributed by atoms with Gasteiger partial charge in [-0.15, -0.1) is 0 Å². The van der Waals surface area contributed by atoms with E-state index in [1.807, 2.05) is 0 Å². The SMILES string of the molecule is CCCC1CCCCC1OCC(O)CO. The second-order valence-electron chi connectivity index (χ2n) is 4.54. The zero-order valence-electron chi connectivity index (χ0n) is 9.69. The zero-order valence-corrected chi connectivity index (χ0v) is 9.69. The molecule has 1 rings (SSSR count). The summed E-state index contributed by atoms with van der Waals surface area (Å²) in [7, 11) is 0. The van der Waals surface area contributed by atoms with Crippen molar-refractivity contribution in [3.63, 3.8) is 0 Å². The van der Waals surface area contributed by atoms with Crippen LogP contribution in [0.15, 0.2) is 0 Å². The van der Waals surface area contributed by atoms with Crippen molar-refractivity contribution >= 4 is 0 Å². The fourth-order valence-corrected chi connectivity index (χ4v) is 2.38. The molecule has 0 saturated heterocycles. The van der Waals surface area contributed by atoms with Gasteiger partial charge in [-0.05, 0) is 25.2 Å². The summed E-state index contributed by atoms with van der Waals surface area (Å²) >= 11 is 0. The van der Waals surface area contributed by atoms with E-state index < -0.39 is 6.10 Å². The summed E-state index contributed by atoms with van der Waals surface area (Å²) in [6.07, 6.45) is 6.94. The molecule has 0 aromatic carbocycles. The molecule has 0 radical (unpaired) electrons. The topological polar surface area (TPSA) is 49.7 Å². The highest BCUT2D eigenvalue weighted by atomic mass is 16.5. The van der Waals surface area contributed by atoms with Crippen LogP contribution in [0.5, 0.6) is 0 Å². The largest absolute Gasteiger partial charge is 0.394 e. The Morgan fingerprint density at radius 3 is 2.73 bits per heavy atom. The number of hydrogen-bond donors (Lipinski definition) is 2. The predicted octanol–water partition coefficient (Wildman–Crippen LogP) is 1.72. The molecular weight excluding hydrogens is 192 g/mol. The molecule has 0 aromatic heterocycles. The first-order chi connectivity index (χ1) is 7.27. The van der Waals surface area contributed by atoms with Gasteiger partial charge in [-0.2, -0.15) is 0 Å². The summed E-state index contributed by atoms with van der Waals surface area (Å²) in [5.41, 5.74) is 0. The lowest BCUT2D eigenvalue weighted by atomic mass is 9.83. The molecule has 3 unspecified atom stereocenters. The maximum atomic E-state index is 9.23. The van der Waals surface area contributed by atoms with Crippen LogP contribution in [0.3, 0.4) is 0 Å². The fourth-order valence-electron chi connectivity index (χ4n) is 2.38. The standard InChI is InChI=1S/C12H24O3/c1-2-5-10-6-3-4-7-12(10)15-9-11(14)8-13/h10-14H,2-9H2,1H3. The summed E-state index contributed by atoms with van der Waals surface area (Å²) in [6.45, 7) is 2.28. The Balaban J connectivity index is 2.28. The smallest absolute Gasteiger partial charge is 0.100 e. The average molecular weight is 216 g/mol. The van der Waals surface area contributed by atoms with Gasteiger partial charge >= 0.3 is 0 Å². The molecule has 90 valence electrons. The van der Waals surface area contributed by atoms with E-state index in [1.54, 1.807) is 0 Å². The molecular formula is C12H24O3. The van der Waals surface area contributed by atoms with Crippen molar-refractivity contribution in [2.75, 3.05) is 13.2 Å². The Morgan fingerprint density at radius 1 is 1.33 bits per heavy atom. The van der Waals surface area contributed by atoms with Crippen LogP contribution in [0.25, 0.3) is 0 Å². The van der Waals surface area contributed by atoms with Gasteiger partial charge in [0.1, 0.15) is 6.10 Å². The van der Waals surface area contributed by atoms with E-state index >= 15 is 0 Å². The molecule has 15 heavy (non-hydrogen) atoms. The maximum absolute atomic E-state index is 9.23. The van der Waals surface area contributed by atoms with Crippen LogP contribution in [-0.2, 0) is 4.74 Å². The average Bonchev–Trinajstić information content (AvgIpc) is 2.28. The molecule has 3 heteroatoms. The molecule has 1 aliphatic carbocycles. The highest BCUT2D eigenvalue weighted by Crippen LogP contribution is 2.30. The van der Waals surface area contributed by atoms with Gasteiger partial charge in [0.2, 0.25) is 0 Å². The number of ether oxygens (including phenoxy) is 1. The number of aliphatic hydroxyl groups excluding tert-OH is 2. The summed E-state index contributed by atoms with van der Waals surface area (Å²) in [6, 6.07) is 0. The molecule has 1 saturated carbocycles. The quantitative estimate of drug-likeness (QED) is 0.710. The van der Waals surface area contributed by atoms with Crippen LogP contribution in [-0.4, -0.2) is 35.6 Å². The summed E-state index contributed by atoms with van der Waals surface area (Å²) in [5.74, 6) is 0.662. The molecule has 0 amide bonds. The van der Waals surface area contributed by atoms with Gasteiger partial charge in [-0.3, -0.25) is 0 Å². The molecule has 0 aliphatic heterocycles. The molecule has 3 nitrogen and oxygen atoms in total. The molecule has 1 aliphatic rings. The number of hydrogen-bond acceptors (Lipinski definition) is 3. The first-order valence-electron chi connectivity index (χ1n) is 6.18. The first-order valence-corrected chi connectivity index (χ1v) is 6.18. The molecule has 0 aromatic rings. The van der Waals surface area contributed by atoms with Crippen molar-refractivity contribution in [2.24, 2.45) is 5.92 Å². The Kier molecular flexibility index (Phi) is 6.22. The number of aliphatic hydroxyl groups is 2. The minimum atomic E-state index is -0.714. The van der Waals surface area contributed by atoms with Crippen LogP contribution in [0, 0.1) is 5.92 Å². The molecule has 0 bridgehead atoms. The van der Waals surface area contributed by atoms with Gasteiger partial charge in [0.05, 0.1) is 19.3 Å². The van der Waals surface area contributed by atoms with E-state index in [0.29, 0.717) is 12.0 Å². The Hall–Kier alpha value is -0.120. The Labute approximate surface area is 92.4 Å². The summed E-state index contributed by atoms with van der Waals surface area (Å²) < 4.78 is 5.69. The lowest BCUT2D eigenvalue weighted by Gasteiger charge is -2.31. The lowest BCUT2D eigenvalue weighted by Crippen LogP contribution is -2.31. The van der Waals surface area contributed by atoms with Crippen molar-refractivity contribution in [3.05, 3.63) is 0 Å². The highest BCUT2D eigenvalue weighted by Gasteiger charge is 2.25. The number of rotatable bonds is 6. The lowest BCUT2D eigenvalue weighted by molar-refractivity contribution is -0.0628. The predicted molar refractivity (Wildman–Crippen MR) is 59.7 cm³/mol. The van der Waals surface area contributed by atoms with Gasteiger partial charge in [0.15, 0.2) is 0 Å². The minimum Gasteiger partial charge on any atom is -0.394 e. The zero-order chi connectivity index (χ0) is 11.1. The third kappa shape index (κ3) is 4.49. The third-order valence-corrected chi connectivity index (χ3v) is 3.21. The normalized spacial score (nSPS) is 29.0. The molecule has 3 atom stereocenters. The van der Waals surface area contributed by atoms with E-state index in [2.05, 4.69) is 6.92 Å². The van der Waals surface area contributed by atoms with Gasteiger partial charge < -0.3 is 14.9 Å².